The van der Waals surface area contributed by atoms with E-state index in [4.69, 9.17) is 14.2 Å². The van der Waals surface area contributed by atoms with E-state index in [1.165, 1.54) is 14.0 Å². The molecule has 10 heteroatoms. The van der Waals surface area contributed by atoms with Gasteiger partial charge in [0.25, 0.3) is 0 Å². The summed E-state index contributed by atoms with van der Waals surface area (Å²) in [7, 11) is 1.30. The number of benzene rings is 1. The van der Waals surface area contributed by atoms with Crippen molar-refractivity contribution in [2.45, 2.75) is 50.2 Å². The molecule has 1 aliphatic heterocycles. The molecule has 156 valence electrons. The summed E-state index contributed by atoms with van der Waals surface area (Å²) in [6.07, 6.45) is -5.76. The maximum atomic E-state index is 12.4. The number of carbonyl (C=O) groups excluding carboxylic acids is 2. The fourth-order valence-corrected chi connectivity index (χ4v) is 2.73. The van der Waals surface area contributed by atoms with Gasteiger partial charge >= 0.3 is 6.09 Å². The van der Waals surface area contributed by atoms with Gasteiger partial charge in [-0.2, -0.15) is 0 Å². The van der Waals surface area contributed by atoms with Gasteiger partial charge in [0.15, 0.2) is 6.29 Å². The molecule has 0 radical (unpaired) electrons. The van der Waals surface area contributed by atoms with Crippen molar-refractivity contribution < 1.29 is 39.1 Å². The van der Waals surface area contributed by atoms with Crippen LogP contribution in [0.3, 0.4) is 0 Å². The van der Waals surface area contributed by atoms with E-state index in [0.717, 1.165) is 5.56 Å². The molecule has 0 spiro atoms. The standard InChI is InChI=1S/C18H26N2O8/c1-10(19-18(25)27-9-11-6-4-3-5-7-11)16(24)20-13-15(23)14(22)12(8-21)28-17(13)26-2/h3-7,10,12-15,17,21-23H,8-9H2,1-2H3,(H,19,25)(H,20,24)/t10?,12-,13-,14-,15-,17-/m1/s1. The molecule has 1 aromatic rings. The van der Waals surface area contributed by atoms with Gasteiger partial charge in [0.1, 0.15) is 37.0 Å². The third kappa shape index (κ3) is 5.63. The maximum absolute atomic E-state index is 12.4. The highest BCUT2D eigenvalue weighted by Crippen LogP contribution is 2.21. The molecule has 1 aliphatic rings. The van der Waals surface area contributed by atoms with Gasteiger partial charge in [0.05, 0.1) is 6.61 Å². The van der Waals surface area contributed by atoms with Gasteiger partial charge in [-0.15, -0.1) is 0 Å². The maximum Gasteiger partial charge on any atom is 0.408 e. The normalized spacial score (nSPS) is 28.2. The van der Waals surface area contributed by atoms with Crippen LogP contribution in [0.15, 0.2) is 30.3 Å². The zero-order valence-corrected chi connectivity index (χ0v) is 15.6. The summed E-state index contributed by atoms with van der Waals surface area (Å²) >= 11 is 0. The Labute approximate surface area is 162 Å². The lowest BCUT2D eigenvalue weighted by molar-refractivity contribution is -0.262. The summed E-state index contributed by atoms with van der Waals surface area (Å²) in [5.74, 6) is -0.638. The number of methoxy groups -OCH3 is 1. The zero-order chi connectivity index (χ0) is 20.7. The molecule has 5 N–H and O–H groups in total. The van der Waals surface area contributed by atoms with Gasteiger partial charge in [0.2, 0.25) is 5.91 Å². The molecule has 1 fully saturated rings. The minimum atomic E-state index is -1.43. The Morgan fingerprint density at radius 3 is 2.50 bits per heavy atom. The van der Waals surface area contributed by atoms with Crippen molar-refractivity contribution in [3.05, 3.63) is 35.9 Å². The Kier molecular flexibility index (Phi) is 8.15. The smallest absolute Gasteiger partial charge is 0.408 e. The molecular formula is C18H26N2O8. The van der Waals surface area contributed by atoms with Gasteiger partial charge in [-0.05, 0) is 12.5 Å². The fraction of sp³-hybridized carbons (Fsp3) is 0.556. The number of amides is 2. The van der Waals surface area contributed by atoms with E-state index in [1.54, 1.807) is 12.1 Å². The van der Waals surface area contributed by atoms with Gasteiger partial charge in [-0.3, -0.25) is 4.79 Å². The first-order valence-electron chi connectivity index (χ1n) is 8.80. The largest absolute Gasteiger partial charge is 0.445 e. The van der Waals surface area contributed by atoms with Crippen molar-refractivity contribution in [1.82, 2.24) is 10.6 Å². The van der Waals surface area contributed by atoms with Crippen LogP contribution in [0.25, 0.3) is 0 Å². The number of aliphatic hydroxyl groups excluding tert-OH is 3. The Morgan fingerprint density at radius 1 is 1.21 bits per heavy atom. The van der Waals surface area contributed by atoms with E-state index >= 15 is 0 Å². The van der Waals surface area contributed by atoms with E-state index < -0.39 is 55.3 Å². The van der Waals surface area contributed by atoms with E-state index in [0.29, 0.717) is 0 Å². The fourth-order valence-electron chi connectivity index (χ4n) is 2.73. The topological polar surface area (TPSA) is 147 Å². The first-order valence-corrected chi connectivity index (χ1v) is 8.80. The SMILES string of the molecule is CO[C@@H]1O[C@H](CO)[C@@H](O)[C@H](O)[C@H]1NC(=O)C(C)NC(=O)OCc1ccccc1. The van der Waals surface area contributed by atoms with Crippen LogP contribution < -0.4 is 10.6 Å². The van der Waals surface area contributed by atoms with Crippen LogP contribution in [0, 0.1) is 0 Å². The lowest BCUT2D eigenvalue weighted by Crippen LogP contribution is -2.65. The quantitative estimate of drug-likeness (QED) is 0.388. The average molecular weight is 398 g/mol. The molecule has 1 unspecified atom stereocenters. The van der Waals surface area contributed by atoms with Gasteiger partial charge in [-0.1, -0.05) is 30.3 Å². The third-order valence-electron chi connectivity index (χ3n) is 4.36. The molecule has 2 rings (SSSR count). The predicted molar refractivity (Wildman–Crippen MR) is 95.9 cm³/mol. The minimum absolute atomic E-state index is 0.0523. The third-order valence-corrected chi connectivity index (χ3v) is 4.36. The van der Waals surface area contributed by atoms with Crippen LogP contribution in [0.2, 0.25) is 0 Å². The Bertz CT molecular complexity index is 642. The number of hydrogen-bond donors (Lipinski definition) is 5. The molecule has 10 nitrogen and oxygen atoms in total. The van der Waals surface area contributed by atoms with Crippen molar-refractivity contribution in [3.63, 3.8) is 0 Å². The number of hydrogen-bond acceptors (Lipinski definition) is 8. The summed E-state index contributed by atoms with van der Waals surface area (Å²) in [6.45, 7) is 0.963. The predicted octanol–water partition coefficient (Wildman–Crippen LogP) is -1.13. The molecule has 0 aliphatic carbocycles. The summed E-state index contributed by atoms with van der Waals surface area (Å²) in [6, 6.07) is 6.97. The van der Waals surface area contributed by atoms with Crippen LogP contribution in [-0.2, 0) is 25.6 Å². The summed E-state index contributed by atoms with van der Waals surface area (Å²) in [4.78, 5) is 24.2. The van der Waals surface area contributed by atoms with E-state index in [1.807, 2.05) is 18.2 Å². The van der Waals surface area contributed by atoms with Gasteiger partial charge in [-0.25, -0.2) is 4.79 Å². The number of carbonyl (C=O) groups is 2. The summed E-state index contributed by atoms with van der Waals surface area (Å²) in [5, 5.41) is 34.2. The number of ether oxygens (including phenoxy) is 3. The minimum Gasteiger partial charge on any atom is -0.445 e. The van der Waals surface area contributed by atoms with Crippen LogP contribution in [0.1, 0.15) is 12.5 Å². The van der Waals surface area contributed by atoms with Crippen molar-refractivity contribution >= 4 is 12.0 Å². The second-order valence-corrected chi connectivity index (χ2v) is 6.40. The van der Waals surface area contributed by atoms with Gasteiger partial charge < -0.3 is 40.2 Å². The summed E-state index contributed by atoms with van der Waals surface area (Å²) in [5.41, 5.74) is 0.799. The van der Waals surface area contributed by atoms with Crippen molar-refractivity contribution in [2.24, 2.45) is 0 Å². The highest BCUT2D eigenvalue weighted by Gasteiger charge is 2.45. The number of rotatable bonds is 7. The summed E-state index contributed by atoms with van der Waals surface area (Å²) < 4.78 is 15.4. The van der Waals surface area contributed by atoms with E-state index in [9.17, 15) is 24.9 Å². The highest BCUT2D eigenvalue weighted by molar-refractivity contribution is 5.85. The number of alkyl carbamates (subject to hydrolysis) is 1. The molecule has 2 amide bonds. The van der Waals surface area contributed by atoms with Crippen LogP contribution in [0.4, 0.5) is 4.79 Å². The molecule has 6 atom stereocenters. The monoisotopic (exact) mass is 398 g/mol. The number of nitrogens with one attached hydrogen (secondary N) is 2. The van der Waals surface area contributed by atoms with E-state index in [-0.39, 0.29) is 6.61 Å². The van der Waals surface area contributed by atoms with Crippen molar-refractivity contribution in [3.8, 4) is 0 Å². The zero-order valence-electron chi connectivity index (χ0n) is 15.6. The Morgan fingerprint density at radius 2 is 1.89 bits per heavy atom. The second-order valence-electron chi connectivity index (χ2n) is 6.40. The van der Waals surface area contributed by atoms with Crippen LogP contribution >= 0.6 is 0 Å². The highest BCUT2D eigenvalue weighted by atomic mass is 16.7. The molecule has 28 heavy (non-hydrogen) atoms. The average Bonchev–Trinajstić information content (AvgIpc) is 2.70. The van der Waals surface area contributed by atoms with E-state index in [2.05, 4.69) is 10.6 Å². The molecule has 0 aromatic heterocycles. The Balaban J connectivity index is 1.87. The lowest BCUT2D eigenvalue weighted by atomic mass is 9.96. The van der Waals surface area contributed by atoms with Crippen molar-refractivity contribution in [2.75, 3.05) is 13.7 Å². The molecule has 0 bridgehead atoms. The molecule has 1 saturated heterocycles. The van der Waals surface area contributed by atoms with Crippen molar-refractivity contribution in [1.29, 1.82) is 0 Å². The van der Waals surface area contributed by atoms with Crippen LogP contribution in [0.5, 0.6) is 0 Å². The molecular weight excluding hydrogens is 372 g/mol. The molecule has 0 saturated carbocycles. The number of aliphatic hydroxyl groups is 3. The first kappa shape index (κ1) is 22.1. The van der Waals surface area contributed by atoms with Gasteiger partial charge in [0, 0.05) is 7.11 Å². The first-order chi connectivity index (χ1) is 13.4. The second kappa shape index (κ2) is 10.3. The Hall–Kier alpha value is -2.24. The molecule has 1 heterocycles. The lowest BCUT2D eigenvalue weighted by Gasteiger charge is -2.42. The van der Waals surface area contributed by atoms with Crippen LogP contribution in [-0.4, -0.2) is 77.7 Å². The molecule has 1 aromatic carbocycles.